The van der Waals surface area contributed by atoms with E-state index in [4.69, 9.17) is 4.74 Å². The summed E-state index contributed by atoms with van der Waals surface area (Å²) in [5, 5.41) is 6.24. The molecule has 0 aromatic rings. The average molecular weight is 198 g/mol. The number of hydrogen-bond donors (Lipinski definition) is 2. The van der Waals surface area contributed by atoms with Gasteiger partial charge in [-0.25, -0.2) is 0 Å². The van der Waals surface area contributed by atoms with Crippen molar-refractivity contribution in [2.24, 2.45) is 5.92 Å². The van der Waals surface area contributed by atoms with E-state index in [1.165, 1.54) is 12.8 Å². The first kappa shape index (κ1) is 9.93. The Labute approximate surface area is 84.4 Å². The van der Waals surface area contributed by atoms with Crippen LogP contribution in [0.25, 0.3) is 0 Å². The fraction of sp³-hybridized carbons (Fsp3) is 0.900. The summed E-state index contributed by atoms with van der Waals surface area (Å²) in [4.78, 5) is 10.9. The Morgan fingerprint density at radius 3 is 3.14 bits per heavy atom. The molecule has 2 heterocycles. The van der Waals surface area contributed by atoms with Crippen LogP contribution in [-0.2, 0) is 9.53 Å². The van der Waals surface area contributed by atoms with Gasteiger partial charge in [0.1, 0.15) is 0 Å². The molecule has 2 unspecified atom stereocenters. The second-order valence-electron chi connectivity index (χ2n) is 4.20. The molecule has 2 saturated heterocycles. The second-order valence-corrected chi connectivity index (χ2v) is 4.20. The molecule has 2 atom stereocenters. The summed E-state index contributed by atoms with van der Waals surface area (Å²) in [6, 6.07) is 0.337. The molecule has 0 radical (unpaired) electrons. The SMILES string of the molecule is O=C1CC(NCC2CCCOC2)CN1. The standard InChI is InChI=1S/C10H18N2O2/c13-10-4-9(6-12-10)11-5-8-2-1-3-14-7-8/h8-9,11H,1-7H2,(H,12,13). The van der Waals surface area contributed by atoms with Gasteiger partial charge >= 0.3 is 0 Å². The Bertz CT molecular complexity index is 202. The highest BCUT2D eigenvalue weighted by atomic mass is 16.5. The third kappa shape index (κ3) is 2.69. The molecule has 4 heteroatoms. The van der Waals surface area contributed by atoms with Gasteiger partial charge in [-0.1, -0.05) is 0 Å². The summed E-state index contributed by atoms with van der Waals surface area (Å²) in [5.74, 6) is 0.807. The molecule has 0 bridgehead atoms. The molecule has 0 aromatic carbocycles. The number of rotatable bonds is 3. The highest BCUT2D eigenvalue weighted by molar-refractivity contribution is 5.78. The first-order chi connectivity index (χ1) is 6.84. The fourth-order valence-corrected chi connectivity index (χ4v) is 2.05. The Balaban J connectivity index is 1.63. The lowest BCUT2D eigenvalue weighted by Gasteiger charge is -2.23. The van der Waals surface area contributed by atoms with Crippen LogP contribution >= 0.6 is 0 Å². The summed E-state index contributed by atoms with van der Waals surface area (Å²) < 4.78 is 5.40. The van der Waals surface area contributed by atoms with Crippen LogP contribution in [0.1, 0.15) is 19.3 Å². The molecule has 2 aliphatic rings. The molecule has 0 saturated carbocycles. The Kier molecular flexibility index (Phi) is 3.37. The quantitative estimate of drug-likeness (QED) is 0.665. The van der Waals surface area contributed by atoms with Crippen LogP contribution in [0.2, 0.25) is 0 Å². The van der Waals surface area contributed by atoms with Gasteiger partial charge in [-0.05, 0) is 18.8 Å². The van der Waals surface area contributed by atoms with Crippen molar-refractivity contribution >= 4 is 5.91 Å². The lowest BCUT2D eigenvalue weighted by Crippen LogP contribution is -2.37. The minimum absolute atomic E-state index is 0.169. The van der Waals surface area contributed by atoms with Gasteiger partial charge in [-0.2, -0.15) is 0 Å². The summed E-state index contributed by atoms with van der Waals surface area (Å²) in [6.45, 7) is 3.56. The van der Waals surface area contributed by atoms with Gasteiger partial charge in [0.05, 0.1) is 6.61 Å². The van der Waals surface area contributed by atoms with E-state index in [0.29, 0.717) is 18.4 Å². The number of carbonyl (C=O) groups excluding carboxylic acids is 1. The van der Waals surface area contributed by atoms with Crippen molar-refractivity contribution in [1.82, 2.24) is 10.6 Å². The van der Waals surface area contributed by atoms with Gasteiger partial charge < -0.3 is 15.4 Å². The maximum atomic E-state index is 10.9. The lowest BCUT2D eigenvalue weighted by molar-refractivity contribution is -0.119. The lowest BCUT2D eigenvalue weighted by atomic mass is 10.0. The highest BCUT2D eigenvalue weighted by Crippen LogP contribution is 2.12. The van der Waals surface area contributed by atoms with Crippen molar-refractivity contribution in [3.8, 4) is 0 Å². The molecule has 1 amide bonds. The van der Waals surface area contributed by atoms with Gasteiger partial charge in [0.25, 0.3) is 0 Å². The number of nitrogens with one attached hydrogen (secondary N) is 2. The zero-order valence-electron chi connectivity index (χ0n) is 8.42. The van der Waals surface area contributed by atoms with Crippen LogP contribution in [-0.4, -0.2) is 38.3 Å². The van der Waals surface area contributed by atoms with E-state index in [2.05, 4.69) is 10.6 Å². The van der Waals surface area contributed by atoms with Crippen molar-refractivity contribution in [3.63, 3.8) is 0 Å². The normalized spacial score (nSPS) is 33.0. The van der Waals surface area contributed by atoms with Crippen molar-refractivity contribution in [1.29, 1.82) is 0 Å². The van der Waals surface area contributed by atoms with Crippen LogP contribution in [0, 0.1) is 5.92 Å². The Morgan fingerprint density at radius 1 is 1.57 bits per heavy atom. The van der Waals surface area contributed by atoms with Crippen molar-refractivity contribution < 1.29 is 9.53 Å². The van der Waals surface area contributed by atoms with Gasteiger partial charge in [-0.3, -0.25) is 4.79 Å². The number of carbonyl (C=O) groups is 1. The van der Waals surface area contributed by atoms with Gasteiger partial charge in [-0.15, -0.1) is 0 Å². The van der Waals surface area contributed by atoms with Gasteiger partial charge in [0.15, 0.2) is 0 Å². The molecule has 0 spiro atoms. The maximum Gasteiger partial charge on any atom is 0.221 e. The molecule has 2 rings (SSSR count). The predicted octanol–water partition coefficient (Wildman–Crippen LogP) is -0.109. The third-order valence-corrected chi connectivity index (χ3v) is 2.93. The molecule has 0 aromatic heterocycles. The summed E-state index contributed by atoms with van der Waals surface area (Å²) in [7, 11) is 0. The van der Waals surface area contributed by atoms with E-state index in [1.807, 2.05) is 0 Å². The second kappa shape index (κ2) is 4.75. The van der Waals surface area contributed by atoms with E-state index < -0.39 is 0 Å². The molecular formula is C10H18N2O2. The van der Waals surface area contributed by atoms with Gasteiger partial charge in [0.2, 0.25) is 5.91 Å². The monoisotopic (exact) mass is 198 g/mol. The average Bonchev–Trinajstić information content (AvgIpc) is 2.63. The van der Waals surface area contributed by atoms with Crippen molar-refractivity contribution in [2.45, 2.75) is 25.3 Å². The molecule has 2 fully saturated rings. The third-order valence-electron chi connectivity index (χ3n) is 2.93. The topological polar surface area (TPSA) is 50.4 Å². The van der Waals surface area contributed by atoms with E-state index in [9.17, 15) is 4.79 Å². The molecule has 4 nitrogen and oxygen atoms in total. The molecule has 2 N–H and O–H groups in total. The van der Waals surface area contributed by atoms with Gasteiger partial charge in [0, 0.05) is 32.2 Å². The molecule has 80 valence electrons. The van der Waals surface area contributed by atoms with Crippen LogP contribution < -0.4 is 10.6 Å². The van der Waals surface area contributed by atoms with Crippen LogP contribution in [0.4, 0.5) is 0 Å². The van der Waals surface area contributed by atoms with Crippen molar-refractivity contribution in [2.75, 3.05) is 26.3 Å². The first-order valence-electron chi connectivity index (χ1n) is 5.42. The van der Waals surface area contributed by atoms with E-state index >= 15 is 0 Å². The smallest absolute Gasteiger partial charge is 0.221 e. The Hall–Kier alpha value is -0.610. The minimum atomic E-state index is 0.169. The number of hydrogen-bond acceptors (Lipinski definition) is 3. The minimum Gasteiger partial charge on any atom is -0.381 e. The summed E-state index contributed by atoms with van der Waals surface area (Å²) in [6.07, 6.45) is 3.06. The molecule has 14 heavy (non-hydrogen) atoms. The summed E-state index contributed by atoms with van der Waals surface area (Å²) >= 11 is 0. The zero-order valence-corrected chi connectivity index (χ0v) is 8.42. The van der Waals surface area contributed by atoms with Crippen LogP contribution in [0.3, 0.4) is 0 Å². The molecular weight excluding hydrogens is 180 g/mol. The maximum absolute atomic E-state index is 10.9. The molecule has 0 aliphatic carbocycles. The van der Waals surface area contributed by atoms with E-state index in [0.717, 1.165) is 26.3 Å². The molecule has 2 aliphatic heterocycles. The number of ether oxygens (including phenoxy) is 1. The largest absolute Gasteiger partial charge is 0.381 e. The Morgan fingerprint density at radius 2 is 2.50 bits per heavy atom. The van der Waals surface area contributed by atoms with Crippen molar-refractivity contribution in [3.05, 3.63) is 0 Å². The fourth-order valence-electron chi connectivity index (χ4n) is 2.05. The van der Waals surface area contributed by atoms with E-state index in [1.54, 1.807) is 0 Å². The predicted molar refractivity (Wildman–Crippen MR) is 53.0 cm³/mol. The summed E-state index contributed by atoms with van der Waals surface area (Å²) in [5.41, 5.74) is 0. The van der Waals surface area contributed by atoms with E-state index in [-0.39, 0.29) is 5.91 Å². The highest BCUT2D eigenvalue weighted by Gasteiger charge is 2.22. The zero-order chi connectivity index (χ0) is 9.80. The number of amides is 1. The van der Waals surface area contributed by atoms with Crippen LogP contribution in [0.15, 0.2) is 0 Å². The van der Waals surface area contributed by atoms with Crippen LogP contribution in [0.5, 0.6) is 0 Å². The first-order valence-corrected chi connectivity index (χ1v) is 5.42.